The molecule has 0 bridgehead atoms. The zero-order valence-electron chi connectivity index (χ0n) is 19.2. The molecular weight excluding hydrogens is 469 g/mol. The second-order valence-corrected chi connectivity index (χ2v) is 9.63. The van der Waals surface area contributed by atoms with E-state index in [1.54, 1.807) is 24.3 Å². The third kappa shape index (κ3) is 4.63. The number of aliphatic carboxylic acids is 1. The van der Waals surface area contributed by atoms with E-state index in [4.69, 9.17) is 21.4 Å². The number of nitrogens with zero attached hydrogens (tertiary/aromatic N) is 1. The van der Waals surface area contributed by atoms with Gasteiger partial charge in [0, 0.05) is 23.0 Å². The van der Waals surface area contributed by atoms with Crippen LogP contribution in [0, 0.1) is 18.7 Å². The van der Waals surface area contributed by atoms with Gasteiger partial charge in [0.1, 0.15) is 11.6 Å². The van der Waals surface area contributed by atoms with Crippen molar-refractivity contribution in [1.29, 1.82) is 0 Å². The smallest absolute Gasteiger partial charge is 0.341 e. The molecule has 3 aromatic carbocycles. The molecule has 1 unspecified atom stereocenters. The number of amides is 1. The van der Waals surface area contributed by atoms with Crippen molar-refractivity contribution in [3.05, 3.63) is 99.3 Å². The van der Waals surface area contributed by atoms with Crippen LogP contribution in [0.4, 0.5) is 4.39 Å². The lowest BCUT2D eigenvalue weighted by Crippen LogP contribution is -2.42. The highest BCUT2D eigenvalue weighted by atomic mass is 35.5. The highest BCUT2D eigenvalue weighted by Crippen LogP contribution is 2.51. The molecule has 1 amide bonds. The molecule has 1 aliphatic heterocycles. The number of carbonyl (C=O) groups is 2. The van der Waals surface area contributed by atoms with E-state index in [1.807, 2.05) is 17.0 Å². The van der Waals surface area contributed by atoms with Gasteiger partial charge in [-0.2, -0.15) is 0 Å². The van der Waals surface area contributed by atoms with E-state index in [0.29, 0.717) is 29.3 Å². The van der Waals surface area contributed by atoms with Gasteiger partial charge in [0.25, 0.3) is 0 Å². The summed E-state index contributed by atoms with van der Waals surface area (Å²) in [5.41, 5.74) is 4.56. The van der Waals surface area contributed by atoms with E-state index in [9.17, 15) is 14.0 Å². The van der Waals surface area contributed by atoms with Crippen LogP contribution in [0.2, 0.25) is 5.02 Å². The first-order valence-corrected chi connectivity index (χ1v) is 12.0. The van der Waals surface area contributed by atoms with Crippen molar-refractivity contribution in [1.82, 2.24) is 4.90 Å². The SMILES string of the molecule is Cc1ccccc1[C@@H]1C[C@H]1C(=O)N1CCc2cc(F)ccc2C1c1cc(Cl)ccc1OCC(=O)O. The minimum atomic E-state index is -1.11. The molecule has 0 aromatic heterocycles. The summed E-state index contributed by atoms with van der Waals surface area (Å²) in [5.74, 6) is -1.05. The molecule has 2 aliphatic rings. The first kappa shape index (κ1) is 23.4. The summed E-state index contributed by atoms with van der Waals surface area (Å²) < 4.78 is 19.6. The first-order valence-electron chi connectivity index (χ1n) is 11.6. The van der Waals surface area contributed by atoms with Crippen LogP contribution in [-0.2, 0) is 16.0 Å². The molecule has 7 heteroatoms. The van der Waals surface area contributed by atoms with Crippen LogP contribution in [0.15, 0.2) is 60.7 Å². The van der Waals surface area contributed by atoms with Gasteiger partial charge in [0.05, 0.1) is 6.04 Å². The summed E-state index contributed by atoms with van der Waals surface area (Å²) in [5, 5.41) is 9.58. The number of rotatable bonds is 6. The molecule has 1 N–H and O–H groups in total. The molecule has 3 atom stereocenters. The molecule has 1 saturated carbocycles. The number of hydrogen-bond donors (Lipinski definition) is 1. The summed E-state index contributed by atoms with van der Waals surface area (Å²) in [6, 6.07) is 17.1. The molecule has 1 heterocycles. The number of halogens is 2. The number of carbonyl (C=O) groups excluding carboxylic acids is 1. The van der Waals surface area contributed by atoms with Crippen molar-refractivity contribution in [3.63, 3.8) is 0 Å². The van der Waals surface area contributed by atoms with Gasteiger partial charge in [-0.15, -0.1) is 0 Å². The third-order valence-corrected chi connectivity index (χ3v) is 7.16. The monoisotopic (exact) mass is 493 g/mol. The average molecular weight is 494 g/mol. The second-order valence-electron chi connectivity index (χ2n) is 9.20. The van der Waals surface area contributed by atoms with E-state index < -0.39 is 18.6 Å². The predicted octanol–water partition coefficient (Wildman–Crippen LogP) is 5.53. The number of aryl methyl sites for hydroxylation is 1. The Bertz CT molecular complexity index is 1310. The summed E-state index contributed by atoms with van der Waals surface area (Å²) in [6.07, 6.45) is 1.31. The molecule has 1 aliphatic carbocycles. The molecular formula is C28H25ClFNO4. The van der Waals surface area contributed by atoms with Gasteiger partial charge in [-0.25, -0.2) is 9.18 Å². The normalized spacial score (nSPS) is 20.8. The first-order chi connectivity index (χ1) is 16.8. The summed E-state index contributed by atoms with van der Waals surface area (Å²) >= 11 is 6.34. The maximum absolute atomic E-state index is 14.1. The van der Waals surface area contributed by atoms with Gasteiger partial charge in [-0.05, 0) is 78.3 Å². The van der Waals surface area contributed by atoms with Crippen molar-refractivity contribution < 1.29 is 23.8 Å². The lowest BCUT2D eigenvalue weighted by Gasteiger charge is -2.38. The number of hydrogen-bond acceptors (Lipinski definition) is 3. The minimum absolute atomic E-state index is 0.0300. The highest BCUT2D eigenvalue weighted by molar-refractivity contribution is 6.30. The maximum atomic E-state index is 14.1. The van der Waals surface area contributed by atoms with Crippen LogP contribution < -0.4 is 4.74 Å². The Labute approximate surface area is 208 Å². The van der Waals surface area contributed by atoms with Crippen molar-refractivity contribution in [2.24, 2.45) is 5.92 Å². The van der Waals surface area contributed by atoms with E-state index in [0.717, 1.165) is 17.5 Å². The Kier molecular flexibility index (Phi) is 6.24. The van der Waals surface area contributed by atoms with Crippen LogP contribution in [0.5, 0.6) is 5.75 Å². The Morgan fingerprint density at radius 3 is 2.66 bits per heavy atom. The van der Waals surface area contributed by atoms with Crippen molar-refractivity contribution in [2.75, 3.05) is 13.2 Å². The molecule has 35 heavy (non-hydrogen) atoms. The number of benzene rings is 3. The fourth-order valence-electron chi connectivity index (χ4n) is 5.20. The highest BCUT2D eigenvalue weighted by Gasteiger charge is 2.48. The van der Waals surface area contributed by atoms with E-state index >= 15 is 0 Å². The largest absolute Gasteiger partial charge is 0.482 e. The second kappa shape index (κ2) is 9.34. The topological polar surface area (TPSA) is 66.8 Å². The molecule has 5 rings (SSSR count). The summed E-state index contributed by atoms with van der Waals surface area (Å²) in [4.78, 5) is 26.9. The van der Waals surface area contributed by atoms with Gasteiger partial charge in [-0.3, -0.25) is 4.79 Å². The van der Waals surface area contributed by atoms with Crippen molar-refractivity contribution in [2.45, 2.75) is 31.7 Å². The Morgan fingerprint density at radius 1 is 1.09 bits per heavy atom. The number of carboxylic acids is 1. The summed E-state index contributed by atoms with van der Waals surface area (Å²) in [6.45, 7) is 1.95. The zero-order chi connectivity index (χ0) is 24.7. The number of ether oxygens (including phenoxy) is 1. The van der Waals surface area contributed by atoms with Crippen LogP contribution in [-0.4, -0.2) is 35.0 Å². The van der Waals surface area contributed by atoms with Gasteiger partial charge in [0.2, 0.25) is 5.91 Å². The van der Waals surface area contributed by atoms with E-state index in [2.05, 4.69) is 19.1 Å². The molecule has 0 saturated heterocycles. The van der Waals surface area contributed by atoms with Crippen LogP contribution >= 0.6 is 11.6 Å². The lowest BCUT2D eigenvalue weighted by molar-refractivity contribution is -0.139. The Hall–Kier alpha value is -3.38. The molecule has 0 radical (unpaired) electrons. The van der Waals surface area contributed by atoms with Crippen LogP contribution in [0.3, 0.4) is 0 Å². The van der Waals surface area contributed by atoms with Crippen molar-refractivity contribution >= 4 is 23.5 Å². The number of carboxylic acid groups (broad SMARTS) is 1. The molecule has 0 spiro atoms. The lowest BCUT2D eigenvalue weighted by atomic mass is 9.87. The van der Waals surface area contributed by atoms with Crippen molar-refractivity contribution in [3.8, 4) is 5.75 Å². The predicted molar refractivity (Wildman–Crippen MR) is 130 cm³/mol. The Morgan fingerprint density at radius 2 is 1.89 bits per heavy atom. The van der Waals surface area contributed by atoms with E-state index in [1.165, 1.54) is 23.3 Å². The van der Waals surface area contributed by atoms with Gasteiger partial charge in [-0.1, -0.05) is 41.9 Å². The van der Waals surface area contributed by atoms with Gasteiger partial charge < -0.3 is 14.7 Å². The summed E-state index contributed by atoms with van der Waals surface area (Å²) in [7, 11) is 0. The fraction of sp³-hybridized carbons (Fsp3) is 0.286. The molecule has 180 valence electrons. The molecule has 5 nitrogen and oxygen atoms in total. The fourth-order valence-corrected chi connectivity index (χ4v) is 5.38. The molecule has 1 fully saturated rings. The van der Waals surface area contributed by atoms with Gasteiger partial charge >= 0.3 is 5.97 Å². The quantitative estimate of drug-likeness (QED) is 0.490. The molecule has 3 aromatic rings. The zero-order valence-corrected chi connectivity index (χ0v) is 20.0. The average Bonchev–Trinajstić information content (AvgIpc) is 3.63. The van der Waals surface area contributed by atoms with Crippen LogP contribution in [0.25, 0.3) is 0 Å². The number of fused-ring (bicyclic) bond motifs is 1. The Balaban J connectivity index is 1.54. The standard InChI is InChI=1S/C28H25ClFNO4/c1-16-4-2-3-5-20(16)22-14-23(22)28(34)31-11-10-17-12-19(30)7-8-21(17)27(31)24-13-18(29)6-9-25(24)35-15-26(32)33/h2-9,12-13,22-23,27H,10-11,14-15H2,1H3,(H,32,33)/t22-,23+,27?/m0/s1. The van der Waals surface area contributed by atoms with Crippen LogP contribution in [0.1, 0.15) is 46.2 Å². The van der Waals surface area contributed by atoms with E-state index in [-0.39, 0.29) is 23.6 Å². The third-order valence-electron chi connectivity index (χ3n) is 6.93. The minimum Gasteiger partial charge on any atom is -0.482 e. The van der Waals surface area contributed by atoms with Gasteiger partial charge in [0.15, 0.2) is 6.61 Å². The maximum Gasteiger partial charge on any atom is 0.341 e.